The predicted octanol–water partition coefficient (Wildman–Crippen LogP) is 3.03. The molecular formula is C19H16BNO2. The van der Waals surface area contributed by atoms with E-state index in [2.05, 4.69) is 4.98 Å². The summed E-state index contributed by atoms with van der Waals surface area (Å²) in [6, 6.07) is 19.3. The van der Waals surface area contributed by atoms with Crippen LogP contribution in [0.5, 0.6) is 11.5 Å². The summed E-state index contributed by atoms with van der Waals surface area (Å²) in [7, 11) is 5.96. The van der Waals surface area contributed by atoms with Gasteiger partial charge >= 0.3 is 0 Å². The molecule has 0 unspecified atom stereocenters. The molecule has 0 saturated heterocycles. The molecule has 0 N–H and O–H groups in total. The van der Waals surface area contributed by atoms with E-state index in [1.165, 1.54) is 0 Å². The first kappa shape index (κ1) is 15.2. The lowest BCUT2D eigenvalue weighted by Crippen LogP contribution is -2.09. The molecule has 1 heterocycles. The van der Waals surface area contributed by atoms with Gasteiger partial charge in [-0.2, -0.15) is 0 Å². The van der Waals surface area contributed by atoms with Gasteiger partial charge in [0.2, 0.25) is 0 Å². The van der Waals surface area contributed by atoms with Gasteiger partial charge in [-0.15, -0.1) is 0 Å². The van der Waals surface area contributed by atoms with E-state index in [-0.39, 0.29) is 0 Å². The topological polar surface area (TPSA) is 31.4 Å². The Morgan fingerprint density at radius 2 is 1.61 bits per heavy atom. The van der Waals surface area contributed by atoms with E-state index in [4.69, 9.17) is 17.3 Å². The van der Waals surface area contributed by atoms with Gasteiger partial charge < -0.3 is 9.47 Å². The molecule has 0 amide bonds. The number of benzene rings is 2. The Hall–Kier alpha value is -2.75. The van der Waals surface area contributed by atoms with Crippen LogP contribution in [0, 0.1) is 0 Å². The molecule has 0 spiro atoms. The maximum atomic E-state index is 5.96. The molecule has 0 aliphatic rings. The minimum atomic E-state index is 0.417. The van der Waals surface area contributed by atoms with E-state index in [0.29, 0.717) is 24.4 Å². The number of rotatable bonds is 6. The van der Waals surface area contributed by atoms with Gasteiger partial charge in [0.15, 0.2) is 0 Å². The highest BCUT2D eigenvalue weighted by molar-refractivity contribution is 6.34. The highest BCUT2D eigenvalue weighted by Gasteiger charge is 2.04. The zero-order valence-corrected chi connectivity index (χ0v) is 12.7. The molecule has 2 aromatic carbocycles. The molecule has 2 radical (unpaired) electrons. The number of hydrogen-bond donors (Lipinski definition) is 0. The molecule has 0 bridgehead atoms. The van der Waals surface area contributed by atoms with Crippen LogP contribution < -0.4 is 14.9 Å². The van der Waals surface area contributed by atoms with E-state index in [1.807, 2.05) is 54.6 Å². The quantitative estimate of drug-likeness (QED) is 0.656. The van der Waals surface area contributed by atoms with Crippen LogP contribution in [0.25, 0.3) is 0 Å². The van der Waals surface area contributed by atoms with Crippen molar-refractivity contribution >= 4 is 13.3 Å². The van der Waals surface area contributed by atoms with Gasteiger partial charge in [0.25, 0.3) is 0 Å². The second kappa shape index (κ2) is 7.50. The number of nitrogens with zero attached hydrogens (tertiary/aromatic N) is 1. The first-order valence-electron chi connectivity index (χ1n) is 7.39. The fourth-order valence-corrected chi connectivity index (χ4v) is 2.11. The molecule has 3 aromatic rings. The summed E-state index contributed by atoms with van der Waals surface area (Å²) in [6.45, 7) is 0.924. The summed E-state index contributed by atoms with van der Waals surface area (Å²) >= 11 is 0. The lowest BCUT2D eigenvalue weighted by Gasteiger charge is -2.12. The average Bonchev–Trinajstić information content (AvgIpc) is 2.62. The maximum absolute atomic E-state index is 5.96. The normalized spacial score (nSPS) is 10.3. The number of hydrogen-bond acceptors (Lipinski definition) is 3. The smallest absolute Gasteiger partial charge is 0.123 e. The van der Waals surface area contributed by atoms with Crippen molar-refractivity contribution in [3.63, 3.8) is 0 Å². The van der Waals surface area contributed by atoms with Crippen molar-refractivity contribution in [3.8, 4) is 11.5 Å². The van der Waals surface area contributed by atoms with E-state index in [9.17, 15) is 0 Å². The first-order valence-corrected chi connectivity index (χ1v) is 7.39. The molecule has 3 nitrogen and oxygen atoms in total. The van der Waals surface area contributed by atoms with Crippen molar-refractivity contribution in [2.75, 3.05) is 0 Å². The van der Waals surface area contributed by atoms with Crippen LogP contribution in [0.15, 0.2) is 73.1 Å². The number of ether oxygens (including phenoxy) is 2. The van der Waals surface area contributed by atoms with E-state index >= 15 is 0 Å². The molecule has 4 heteroatoms. The fourth-order valence-electron chi connectivity index (χ4n) is 2.11. The highest BCUT2D eigenvalue weighted by atomic mass is 16.5. The molecule has 0 aliphatic carbocycles. The summed E-state index contributed by atoms with van der Waals surface area (Å²) in [6.07, 6.45) is 3.50. The van der Waals surface area contributed by atoms with Crippen molar-refractivity contribution in [3.05, 3.63) is 84.2 Å². The Kier molecular flexibility index (Phi) is 4.94. The van der Waals surface area contributed by atoms with Crippen LogP contribution in [0.1, 0.15) is 11.1 Å². The Bertz CT molecular complexity index is 748. The van der Waals surface area contributed by atoms with Crippen molar-refractivity contribution in [1.82, 2.24) is 4.98 Å². The first-order chi connectivity index (χ1) is 11.3. The van der Waals surface area contributed by atoms with Gasteiger partial charge in [-0.1, -0.05) is 47.9 Å². The molecular weight excluding hydrogens is 285 g/mol. The van der Waals surface area contributed by atoms with Gasteiger partial charge in [0, 0.05) is 24.0 Å². The maximum Gasteiger partial charge on any atom is 0.123 e. The summed E-state index contributed by atoms with van der Waals surface area (Å²) in [5.74, 6) is 1.34. The summed E-state index contributed by atoms with van der Waals surface area (Å²) in [4.78, 5) is 4.06. The largest absolute Gasteiger partial charge is 0.489 e. The van der Waals surface area contributed by atoms with Gasteiger partial charge in [-0.3, -0.25) is 4.98 Å². The summed E-state index contributed by atoms with van der Waals surface area (Å²) in [5.41, 5.74) is 2.69. The van der Waals surface area contributed by atoms with Crippen molar-refractivity contribution in [2.45, 2.75) is 13.2 Å². The minimum Gasteiger partial charge on any atom is -0.489 e. The monoisotopic (exact) mass is 301 g/mol. The predicted molar refractivity (Wildman–Crippen MR) is 91.2 cm³/mol. The van der Waals surface area contributed by atoms with Gasteiger partial charge in [0.1, 0.15) is 32.6 Å². The summed E-state index contributed by atoms with van der Waals surface area (Å²) < 4.78 is 11.6. The van der Waals surface area contributed by atoms with Crippen LogP contribution in [-0.4, -0.2) is 12.8 Å². The molecule has 0 fully saturated rings. The average molecular weight is 301 g/mol. The standard InChI is InChI=1S/C19H16BNO2/c20-18-9-8-17(22-13-15-5-2-1-3-6-15)11-19(18)23-14-16-7-4-10-21-12-16/h1-12H,13-14H2. The second-order valence-electron chi connectivity index (χ2n) is 5.12. The van der Waals surface area contributed by atoms with Crippen molar-refractivity contribution in [2.24, 2.45) is 0 Å². The molecule has 112 valence electrons. The number of pyridine rings is 1. The lowest BCUT2D eigenvalue weighted by atomic mass is 9.95. The van der Waals surface area contributed by atoms with E-state index < -0.39 is 0 Å². The summed E-state index contributed by atoms with van der Waals surface area (Å²) in [5, 5.41) is 0. The third kappa shape index (κ3) is 4.36. The van der Waals surface area contributed by atoms with Gasteiger partial charge in [-0.25, -0.2) is 0 Å². The third-order valence-electron chi connectivity index (χ3n) is 3.35. The zero-order chi connectivity index (χ0) is 15.9. The molecule has 0 atom stereocenters. The third-order valence-corrected chi connectivity index (χ3v) is 3.35. The van der Waals surface area contributed by atoms with Crippen LogP contribution >= 0.6 is 0 Å². The van der Waals surface area contributed by atoms with Gasteiger partial charge in [-0.05, 0) is 17.7 Å². The van der Waals surface area contributed by atoms with Crippen LogP contribution in [0.2, 0.25) is 0 Å². The van der Waals surface area contributed by atoms with Crippen LogP contribution in [0.4, 0.5) is 0 Å². The Balaban J connectivity index is 1.64. The van der Waals surface area contributed by atoms with Gasteiger partial charge in [0.05, 0.1) is 0 Å². The fraction of sp³-hybridized carbons (Fsp3) is 0.105. The van der Waals surface area contributed by atoms with E-state index in [1.54, 1.807) is 18.5 Å². The highest BCUT2D eigenvalue weighted by Crippen LogP contribution is 2.19. The Morgan fingerprint density at radius 3 is 2.39 bits per heavy atom. The van der Waals surface area contributed by atoms with Crippen molar-refractivity contribution < 1.29 is 9.47 Å². The number of aromatic nitrogens is 1. The van der Waals surface area contributed by atoms with E-state index in [0.717, 1.165) is 16.9 Å². The zero-order valence-electron chi connectivity index (χ0n) is 12.7. The SMILES string of the molecule is [B]c1ccc(OCc2ccccc2)cc1OCc1cccnc1. The lowest BCUT2D eigenvalue weighted by molar-refractivity contribution is 0.291. The molecule has 1 aromatic heterocycles. The molecule has 0 saturated carbocycles. The molecule has 0 aliphatic heterocycles. The molecule has 23 heavy (non-hydrogen) atoms. The van der Waals surface area contributed by atoms with Crippen LogP contribution in [-0.2, 0) is 13.2 Å². The minimum absolute atomic E-state index is 0.417. The Morgan fingerprint density at radius 1 is 0.826 bits per heavy atom. The molecule has 3 rings (SSSR count). The van der Waals surface area contributed by atoms with Crippen molar-refractivity contribution in [1.29, 1.82) is 0 Å². The Labute approximate surface area is 137 Å². The second-order valence-corrected chi connectivity index (χ2v) is 5.12. The van der Waals surface area contributed by atoms with Crippen LogP contribution in [0.3, 0.4) is 0 Å².